The van der Waals surface area contributed by atoms with Crippen molar-refractivity contribution in [1.82, 2.24) is 10.3 Å². The highest BCUT2D eigenvalue weighted by Gasteiger charge is 2.22. The summed E-state index contributed by atoms with van der Waals surface area (Å²) in [5, 5.41) is 13.0. The molecule has 32 heavy (non-hydrogen) atoms. The Morgan fingerprint density at radius 3 is 2.81 bits per heavy atom. The molecule has 1 aromatic heterocycles. The van der Waals surface area contributed by atoms with Crippen LogP contribution in [0.4, 0.5) is 0 Å². The van der Waals surface area contributed by atoms with Crippen LogP contribution in [0.25, 0.3) is 11.1 Å². The van der Waals surface area contributed by atoms with Crippen LogP contribution in [0.2, 0.25) is 0 Å². The number of carboxylic acid groups (broad SMARTS) is 1. The first-order valence-corrected chi connectivity index (χ1v) is 11.2. The number of carboxylic acids is 1. The molecule has 0 radical (unpaired) electrons. The lowest BCUT2D eigenvalue weighted by Gasteiger charge is -2.28. The Labute approximate surface area is 189 Å². The van der Waals surface area contributed by atoms with Gasteiger partial charge in [-0.25, -0.2) is 4.79 Å². The number of aryl methyl sites for hydroxylation is 1. The summed E-state index contributed by atoms with van der Waals surface area (Å²) in [6.07, 6.45) is 5.66. The second-order valence-electron chi connectivity index (χ2n) is 8.66. The van der Waals surface area contributed by atoms with Gasteiger partial charge in [0.25, 0.3) is 0 Å². The van der Waals surface area contributed by atoms with E-state index >= 15 is 0 Å². The van der Waals surface area contributed by atoms with Gasteiger partial charge in [-0.15, -0.1) is 0 Å². The van der Waals surface area contributed by atoms with E-state index in [1.165, 1.54) is 22.9 Å². The zero-order chi connectivity index (χ0) is 22.7. The molecular weight excluding hydrogens is 400 g/mol. The van der Waals surface area contributed by atoms with E-state index in [0.717, 1.165) is 41.8 Å². The molecule has 4 rings (SSSR count). The Bertz CT molecular complexity index is 1120. The van der Waals surface area contributed by atoms with Crippen LogP contribution in [0.5, 0.6) is 5.75 Å². The largest absolute Gasteiger partial charge is 0.496 e. The highest BCUT2D eigenvalue weighted by Crippen LogP contribution is 2.36. The molecule has 0 aliphatic carbocycles. The summed E-state index contributed by atoms with van der Waals surface area (Å²) in [6, 6.07) is 14.9. The second-order valence-corrected chi connectivity index (χ2v) is 8.66. The molecule has 2 N–H and O–H groups in total. The predicted octanol–water partition coefficient (Wildman–Crippen LogP) is 5.40. The number of fused-ring (bicyclic) bond motifs is 1. The number of aromatic nitrogens is 1. The number of nitrogens with one attached hydrogen (secondary N) is 1. The summed E-state index contributed by atoms with van der Waals surface area (Å²) in [5.41, 5.74) is 7.28. The third-order valence-corrected chi connectivity index (χ3v) is 6.34. The molecule has 3 aromatic rings. The topological polar surface area (TPSA) is 71.5 Å². The van der Waals surface area contributed by atoms with E-state index in [1.54, 1.807) is 19.4 Å². The van der Waals surface area contributed by atoms with E-state index in [1.807, 2.05) is 0 Å². The first-order chi connectivity index (χ1) is 15.5. The molecule has 0 saturated heterocycles. The molecule has 5 nitrogen and oxygen atoms in total. The van der Waals surface area contributed by atoms with Gasteiger partial charge in [0.2, 0.25) is 0 Å². The Hall–Kier alpha value is -3.18. The number of carbonyl (C=O) groups is 1. The van der Waals surface area contributed by atoms with Crippen LogP contribution < -0.4 is 10.1 Å². The minimum atomic E-state index is -0.901. The fourth-order valence-corrected chi connectivity index (χ4v) is 4.52. The zero-order valence-electron chi connectivity index (χ0n) is 18.9. The maximum absolute atomic E-state index is 11.5. The van der Waals surface area contributed by atoms with Crippen molar-refractivity contribution < 1.29 is 14.6 Å². The van der Waals surface area contributed by atoms with Crippen molar-refractivity contribution in [1.29, 1.82) is 0 Å². The maximum atomic E-state index is 11.5. The van der Waals surface area contributed by atoms with Gasteiger partial charge in [0.05, 0.1) is 12.7 Å². The molecule has 0 fully saturated rings. The maximum Gasteiger partial charge on any atom is 0.336 e. The van der Waals surface area contributed by atoms with Crippen LogP contribution in [0.1, 0.15) is 64.8 Å². The van der Waals surface area contributed by atoms with E-state index < -0.39 is 5.97 Å². The van der Waals surface area contributed by atoms with Gasteiger partial charge >= 0.3 is 5.97 Å². The molecule has 0 bridgehead atoms. The molecule has 1 aliphatic heterocycles. The average molecular weight is 431 g/mol. The molecule has 166 valence electrons. The highest BCUT2D eigenvalue weighted by molar-refractivity contribution is 5.89. The minimum Gasteiger partial charge on any atom is -0.496 e. The molecule has 2 heterocycles. The molecule has 2 aromatic carbocycles. The van der Waals surface area contributed by atoms with Gasteiger partial charge in [-0.05, 0) is 71.7 Å². The number of methoxy groups -OCH3 is 1. The summed E-state index contributed by atoms with van der Waals surface area (Å²) >= 11 is 0. The monoisotopic (exact) mass is 430 g/mol. The van der Waals surface area contributed by atoms with Gasteiger partial charge in [-0.1, -0.05) is 44.2 Å². The first kappa shape index (κ1) is 22.0. The number of benzene rings is 2. The van der Waals surface area contributed by atoms with Crippen LogP contribution in [-0.2, 0) is 12.8 Å². The van der Waals surface area contributed by atoms with E-state index in [0.29, 0.717) is 17.9 Å². The van der Waals surface area contributed by atoms with Gasteiger partial charge < -0.3 is 15.2 Å². The summed E-state index contributed by atoms with van der Waals surface area (Å²) in [5.74, 6) is 0.454. The zero-order valence-corrected chi connectivity index (χ0v) is 18.9. The second kappa shape index (κ2) is 9.53. The third-order valence-electron chi connectivity index (χ3n) is 6.34. The van der Waals surface area contributed by atoms with Crippen molar-refractivity contribution in [2.75, 3.05) is 13.7 Å². The van der Waals surface area contributed by atoms with E-state index in [9.17, 15) is 9.90 Å². The summed E-state index contributed by atoms with van der Waals surface area (Å²) in [7, 11) is 1.73. The summed E-state index contributed by atoms with van der Waals surface area (Å²) < 4.78 is 5.71. The molecule has 1 aliphatic rings. The Morgan fingerprint density at radius 1 is 1.22 bits per heavy atom. The molecule has 0 unspecified atom stereocenters. The van der Waals surface area contributed by atoms with Crippen LogP contribution in [0, 0.1) is 0 Å². The normalized spacial score (nSPS) is 15.4. The third kappa shape index (κ3) is 4.53. The number of hydrogen-bond donors (Lipinski definition) is 2. The number of ether oxygens (including phenoxy) is 1. The van der Waals surface area contributed by atoms with Crippen LogP contribution in [0.15, 0.2) is 54.9 Å². The standard InChI is InChI=1S/C27H30N2O3/c1-17(2)18-4-8-23(26(15-18)32-3)19-5-7-22-20(14-19)10-13-29-25(22)9-6-21-16-28-12-11-24(21)27(30)31/h4-5,7-8,11-12,14-17,25,29H,6,9-10,13H2,1-3H3,(H,30,31)/t25-/m0/s1. The lowest BCUT2D eigenvalue weighted by molar-refractivity contribution is 0.0695. The van der Waals surface area contributed by atoms with Crippen LogP contribution in [-0.4, -0.2) is 29.7 Å². The number of rotatable bonds is 7. The lowest BCUT2D eigenvalue weighted by Crippen LogP contribution is -2.30. The summed E-state index contributed by atoms with van der Waals surface area (Å²) in [4.78, 5) is 15.6. The van der Waals surface area contributed by atoms with Crippen LogP contribution >= 0.6 is 0 Å². The predicted molar refractivity (Wildman–Crippen MR) is 126 cm³/mol. The van der Waals surface area contributed by atoms with E-state index in [-0.39, 0.29) is 6.04 Å². The van der Waals surface area contributed by atoms with Gasteiger partial charge in [0.1, 0.15) is 5.75 Å². The van der Waals surface area contributed by atoms with Gasteiger partial charge in [0, 0.05) is 24.0 Å². The van der Waals surface area contributed by atoms with Crippen molar-refractivity contribution in [3.63, 3.8) is 0 Å². The lowest BCUT2D eigenvalue weighted by atomic mass is 9.87. The van der Waals surface area contributed by atoms with Crippen molar-refractivity contribution in [2.45, 2.75) is 45.1 Å². The number of nitrogens with zero attached hydrogens (tertiary/aromatic N) is 1. The van der Waals surface area contributed by atoms with Gasteiger partial charge in [-0.2, -0.15) is 0 Å². The first-order valence-electron chi connectivity index (χ1n) is 11.2. The average Bonchev–Trinajstić information content (AvgIpc) is 2.81. The Balaban J connectivity index is 1.58. The fraction of sp³-hybridized carbons (Fsp3) is 0.333. The number of hydrogen-bond acceptors (Lipinski definition) is 4. The van der Waals surface area contributed by atoms with Crippen molar-refractivity contribution >= 4 is 5.97 Å². The van der Waals surface area contributed by atoms with Crippen molar-refractivity contribution in [2.24, 2.45) is 0 Å². The van der Waals surface area contributed by atoms with E-state index in [4.69, 9.17) is 4.74 Å². The molecule has 0 saturated carbocycles. The smallest absolute Gasteiger partial charge is 0.336 e. The molecule has 5 heteroatoms. The number of pyridine rings is 1. The van der Waals surface area contributed by atoms with Crippen molar-refractivity contribution in [3.8, 4) is 16.9 Å². The quantitative estimate of drug-likeness (QED) is 0.525. The summed E-state index contributed by atoms with van der Waals surface area (Å²) in [6.45, 7) is 5.28. The highest BCUT2D eigenvalue weighted by atomic mass is 16.5. The van der Waals surface area contributed by atoms with Gasteiger partial charge in [-0.3, -0.25) is 4.98 Å². The Morgan fingerprint density at radius 2 is 2.06 bits per heavy atom. The van der Waals surface area contributed by atoms with Gasteiger partial charge in [0.15, 0.2) is 0 Å². The minimum absolute atomic E-state index is 0.194. The molecular formula is C27H30N2O3. The molecule has 0 amide bonds. The number of aromatic carboxylic acids is 1. The Kier molecular flexibility index (Phi) is 6.56. The molecule has 1 atom stereocenters. The van der Waals surface area contributed by atoms with E-state index in [2.05, 4.69) is 60.5 Å². The molecule has 0 spiro atoms. The van der Waals surface area contributed by atoms with Crippen molar-refractivity contribution in [3.05, 3.63) is 82.7 Å². The SMILES string of the molecule is COc1cc(C(C)C)ccc1-c1ccc2c(c1)CCN[C@H]2CCc1cnccc1C(=O)O. The van der Waals surface area contributed by atoms with Crippen LogP contribution in [0.3, 0.4) is 0 Å². The fourth-order valence-electron chi connectivity index (χ4n) is 4.52.